The van der Waals surface area contributed by atoms with Gasteiger partial charge < -0.3 is 14.7 Å². The SMILES string of the molecule is C=CCOc1ccc(C(O)=C2C(=O)C(=O)N(CC=C)C2c2ccccc2F)cc1. The molecule has 29 heavy (non-hydrogen) atoms. The van der Waals surface area contributed by atoms with Crippen molar-refractivity contribution in [2.24, 2.45) is 0 Å². The molecule has 1 atom stereocenters. The van der Waals surface area contributed by atoms with Crippen LogP contribution in [0.15, 0.2) is 79.4 Å². The van der Waals surface area contributed by atoms with E-state index in [0.29, 0.717) is 17.9 Å². The Morgan fingerprint density at radius 3 is 2.41 bits per heavy atom. The first-order chi connectivity index (χ1) is 14.0. The molecule has 3 rings (SSSR count). The molecule has 2 aromatic rings. The van der Waals surface area contributed by atoms with Gasteiger partial charge in [-0.3, -0.25) is 9.59 Å². The maximum Gasteiger partial charge on any atom is 0.295 e. The Morgan fingerprint density at radius 1 is 1.10 bits per heavy atom. The number of Topliss-reactive ketones (excluding diaryl/α,β-unsaturated/α-hetero) is 1. The molecule has 0 bridgehead atoms. The summed E-state index contributed by atoms with van der Waals surface area (Å²) in [6.45, 7) is 7.53. The van der Waals surface area contributed by atoms with Gasteiger partial charge >= 0.3 is 0 Å². The molecule has 0 aliphatic carbocycles. The largest absolute Gasteiger partial charge is 0.507 e. The Morgan fingerprint density at radius 2 is 1.79 bits per heavy atom. The lowest BCUT2D eigenvalue weighted by Crippen LogP contribution is -2.30. The molecule has 2 aromatic carbocycles. The molecule has 1 unspecified atom stereocenters. The van der Waals surface area contributed by atoms with Crippen LogP contribution >= 0.6 is 0 Å². The van der Waals surface area contributed by atoms with Crippen LogP contribution in [0.4, 0.5) is 4.39 Å². The molecule has 1 N–H and O–H groups in total. The second-order valence-corrected chi connectivity index (χ2v) is 6.39. The zero-order valence-electron chi connectivity index (χ0n) is 15.7. The molecular formula is C23H20FNO4. The standard InChI is InChI=1S/C23H20FNO4/c1-3-13-25-20(17-7-5-6-8-18(17)24)19(22(27)23(25)28)21(26)15-9-11-16(12-10-15)29-14-4-2/h3-12,20,26H,1-2,13-14H2. The number of ketones is 1. The number of ether oxygens (including phenoxy) is 1. The van der Waals surface area contributed by atoms with Crippen LogP contribution in [-0.4, -0.2) is 34.8 Å². The van der Waals surface area contributed by atoms with Gasteiger partial charge in [0.25, 0.3) is 11.7 Å². The lowest BCUT2D eigenvalue weighted by Gasteiger charge is -2.24. The van der Waals surface area contributed by atoms with Crippen LogP contribution in [0.3, 0.4) is 0 Å². The smallest absolute Gasteiger partial charge is 0.295 e. The summed E-state index contributed by atoms with van der Waals surface area (Å²) in [7, 11) is 0. The number of amides is 1. The van der Waals surface area contributed by atoms with Gasteiger partial charge in [-0.25, -0.2) is 4.39 Å². The Kier molecular flexibility index (Phi) is 5.93. The van der Waals surface area contributed by atoms with Crippen molar-refractivity contribution in [1.82, 2.24) is 4.90 Å². The fourth-order valence-corrected chi connectivity index (χ4v) is 3.25. The normalized spacial score (nSPS) is 18.0. The number of carbonyl (C=O) groups excluding carboxylic acids is 2. The summed E-state index contributed by atoms with van der Waals surface area (Å²) in [4.78, 5) is 26.4. The minimum atomic E-state index is -1.05. The van der Waals surface area contributed by atoms with E-state index in [-0.39, 0.29) is 23.4 Å². The highest BCUT2D eigenvalue weighted by Crippen LogP contribution is 2.40. The molecule has 1 aliphatic rings. The van der Waals surface area contributed by atoms with Gasteiger partial charge in [-0.05, 0) is 30.3 Å². The molecule has 1 saturated heterocycles. The maximum absolute atomic E-state index is 14.5. The molecular weight excluding hydrogens is 373 g/mol. The molecule has 1 aliphatic heterocycles. The summed E-state index contributed by atoms with van der Waals surface area (Å²) in [5.74, 6) is -2.08. The first-order valence-corrected chi connectivity index (χ1v) is 8.97. The second-order valence-electron chi connectivity index (χ2n) is 6.39. The highest BCUT2D eigenvalue weighted by Gasteiger charge is 2.46. The van der Waals surface area contributed by atoms with Crippen LogP contribution in [0.2, 0.25) is 0 Å². The summed E-state index contributed by atoms with van der Waals surface area (Å²) in [5, 5.41) is 10.9. The Bertz CT molecular complexity index is 994. The van der Waals surface area contributed by atoms with Crippen molar-refractivity contribution in [1.29, 1.82) is 0 Å². The highest BCUT2D eigenvalue weighted by atomic mass is 19.1. The van der Waals surface area contributed by atoms with Crippen LogP contribution in [0, 0.1) is 5.82 Å². The first kappa shape index (κ1) is 20.1. The Hall–Kier alpha value is -3.67. The van der Waals surface area contributed by atoms with Gasteiger partial charge in [0.2, 0.25) is 0 Å². The number of benzene rings is 2. The van der Waals surface area contributed by atoms with E-state index in [4.69, 9.17) is 4.74 Å². The van der Waals surface area contributed by atoms with E-state index in [0.717, 1.165) is 0 Å². The fourth-order valence-electron chi connectivity index (χ4n) is 3.25. The summed E-state index contributed by atoms with van der Waals surface area (Å²) in [6, 6.07) is 11.2. The molecule has 1 heterocycles. The van der Waals surface area contributed by atoms with E-state index in [1.165, 1.54) is 29.2 Å². The predicted molar refractivity (Wildman–Crippen MR) is 108 cm³/mol. The average molecular weight is 393 g/mol. The van der Waals surface area contributed by atoms with Crippen LogP contribution in [-0.2, 0) is 9.59 Å². The monoisotopic (exact) mass is 393 g/mol. The number of carbonyl (C=O) groups is 2. The van der Waals surface area contributed by atoms with Crippen LogP contribution in [0.5, 0.6) is 5.75 Å². The first-order valence-electron chi connectivity index (χ1n) is 8.97. The zero-order valence-corrected chi connectivity index (χ0v) is 15.7. The second kappa shape index (κ2) is 8.56. The van der Waals surface area contributed by atoms with Crippen molar-refractivity contribution in [3.8, 4) is 5.75 Å². The van der Waals surface area contributed by atoms with Gasteiger partial charge in [0.1, 0.15) is 23.9 Å². The van der Waals surface area contributed by atoms with Crippen molar-refractivity contribution < 1.29 is 23.8 Å². The van der Waals surface area contributed by atoms with Crippen LogP contribution in [0.25, 0.3) is 5.76 Å². The van der Waals surface area contributed by atoms with E-state index < -0.39 is 23.5 Å². The van der Waals surface area contributed by atoms with Crippen molar-refractivity contribution in [2.75, 3.05) is 13.2 Å². The molecule has 6 heteroatoms. The third-order valence-electron chi connectivity index (χ3n) is 4.56. The predicted octanol–water partition coefficient (Wildman–Crippen LogP) is 4.00. The molecule has 0 saturated carbocycles. The summed E-state index contributed by atoms with van der Waals surface area (Å²) in [5.41, 5.74) is 0.275. The Labute approximate surface area is 168 Å². The molecule has 1 fully saturated rings. The molecule has 1 amide bonds. The lowest BCUT2D eigenvalue weighted by atomic mass is 9.95. The van der Waals surface area contributed by atoms with Crippen LogP contribution in [0.1, 0.15) is 17.2 Å². The van der Waals surface area contributed by atoms with Crippen molar-refractivity contribution in [2.45, 2.75) is 6.04 Å². The number of rotatable bonds is 7. The van der Waals surface area contributed by atoms with E-state index in [1.807, 2.05) is 0 Å². The molecule has 0 radical (unpaired) electrons. The van der Waals surface area contributed by atoms with Crippen LogP contribution < -0.4 is 4.74 Å². The lowest BCUT2D eigenvalue weighted by molar-refractivity contribution is -0.139. The number of aliphatic hydroxyl groups excluding tert-OH is 1. The van der Waals surface area contributed by atoms with Gasteiger partial charge in [0, 0.05) is 17.7 Å². The number of halogens is 1. The van der Waals surface area contributed by atoms with Gasteiger partial charge in [0.15, 0.2) is 0 Å². The average Bonchev–Trinajstić information content (AvgIpc) is 2.97. The summed E-state index contributed by atoms with van der Waals surface area (Å²) in [6.07, 6.45) is 3.05. The van der Waals surface area contributed by atoms with Gasteiger partial charge in [-0.15, -0.1) is 6.58 Å². The maximum atomic E-state index is 14.5. The van der Waals surface area contributed by atoms with Gasteiger partial charge in [-0.2, -0.15) is 0 Å². The Balaban J connectivity index is 2.11. The van der Waals surface area contributed by atoms with Crippen molar-refractivity contribution in [3.05, 3.63) is 96.4 Å². The van der Waals surface area contributed by atoms with Gasteiger partial charge in [0.05, 0.1) is 11.6 Å². The van der Waals surface area contributed by atoms with E-state index in [2.05, 4.69) is 13.2 Å². The summed E-state index contributed by atoms with van der Waals surface area (Å²) >= 11 is 0. The molecule has 5 nitrogen and oxygen atoms in total. The third-order valence-corrected chi connectivity index (χ3v) is 4.56. The van der Waals surface area contributed by atoms with E-state index in [9.17, 15) is 19.1 Å². The summed E-state index contributed by atoms with van der Waals surface area (Å²) < 4.78 is 19.9. The molecule has 148 valence electrons. The number of hydrogen-bond acceptors (Lipinski definition) is 4. The topological polar surface area (TPSA) is 66.8 Å². The van der Waals surface area contributed by atoms with Crippen molar-refractivity contribution in [3.63, 3.8) is 0 Å². The van der Waals surface area contributed by atoms with Gasteiger partial charge in [-0.1, -0.05) is 36.9 Å². The number of nitrogens with zero attached hydrogens (tertiary/aromatic N) is 1. The number of aliphatic hydroxyl groups is 1. The minimum Gasteiger partial charge on any atom is -0.507 e. The van der Waals surface area contributed by atoms with E-state index in [1.54, 1.807) is 36.4 Å². The number of hydrogen-bond donors (Lipinski definition) is 1. The molecule has 0 aromatic heterocycles. The minimum absolute atomic E-state index is 0.0364. The zero-order chi connectivity index (χ0) is 21.0. The number of likely N-dealkylation sites (tertiary alicyclic amines) is 1. The highest BCUT2D eigenvalue weighted by molar-refractivity contribution is 6.46. The quantitative estimate of drug-likeness (QED) is 0.334. The van der Waals surface area contributed by atoms with Crippen molar-refractivity contribution >= 4 is 17.4 Å². The third kappa shape index (κ3) is 3.82. The van der Waals surface area contributed by atoms with E-state index >= 15 is 0 Å². The fraction of sp³-hybridized carbons (Fsp3) is 0.130. The molecule has 0 spiro atoms.